The van der Waals surface area contributed by atoms with Crippen LogP contribution in [0, 0.1) is 5.92 Å². The van der Waals surface area contributed by atoms with Crippen molar-refractivity contribution < 1.29 is 38.5 Å². The van der Waals surface area contributed by atoms with Gasteiger partial charge in [-0.1, -0.05) is 42.5 Å². The number of ether oxygens (including phenoxy) is 3. The van der Waals surface area contributed by atoms with Crippen LogP contribution in [0.3, 0.4) is 0 Å². The largest absolute Gasteiger partial charge is 0.497 e. The first-order valence-corrected chi connectivity index (χ1v) is 14.6. The molecule has 0 saturated carbocycles. The van der Waals surface area contributed by atoms with Crippen LogP contribution in [0.25, 0.3) is 0 Å². The maximum absolute atomic E-state index is 13.8. The Morgan fingerprint density at radius 2 is 1.60 bits per heavy atom. The van der Waals surface area contributed by atoms with Crippen LogP contribution in [-0.2, 0) is 41.5 Å². The third kappa shape index (κ3) is 9.42. The van der Waals surface area contributed by atoms with E-state index in [1.54, 1.807) is 26.2 Å². The summed E-state index contributed by atoms with van der Waals surface area (Å²) in [4.78, 5) is 55.1. The summed E-state index contributed by atoms with van der Waals surface area (Å²) in [5.74, 6) is -1.80. The van der Waals surface area contributed by atoms with Gasteiger partial charge in [-0.15, -0.1) is 0 Å². The highest BCUT2D eigenvalue weighted by molar-refractivity contribution is 5.98. The Labute approximate surface area is 251 Å². The lowest BCUT2D eigenvalue weighted by atomic mass is 9.89. The molecule has 2 aliphatic rings. The van der Waals surface area contributed by atoms with Gasteiger partial charge in [-0.05, 0) is 43.0 Å². The smallest absolute Gasteiger partial charge is 0.234 e. The molecule has 4 atom stereocenters. The highest BCUT2D eigenvalue weighted by Gasteiger charge is 2.50. The molecular formula is C32H41N3O8. The summed E-state index contributed by atoms with van der Waals surface area (Å²) in [6.07, 6.45) is 0.215. The first-order valence-electron chi connectivity index (χ1n) is 14.6. The fraction of sp³-hybridized carbons (Fsp3) is 0.500. The van der Waals surface area contributed by atoms with E-state index in [9.17, 15) is 24.3 Å². The van der Waals surface area contributed by atoms with Crippen molar-refractivity contribution in [2.75, 3.05) is 53.2 Å². The highest BCUT2D eigenvalue weighted by Crippen LogP contribution is 2.29. The summed E-state index contributed by atoms with van der Waals surface area (Å²) in [5.41, 5.74) is 0.700. The summed E-state index contributed by atoms with van der Waals surface area (Å²) in [6, 6.07) is 14.5. The van der Waals surface area contributed by atoms with Crippen LogP contribution >= 0.6 is 0 Å². The number of benzene rings is 2. The molecule has 0 aliphatic carbocycles. The fourth-order valence-corrected chi connectivity index (χ4v) is 5.09. The van der Waals surface area contributed by atoms with Gasteiger partial charge >= 0.3 is 0 Å². The molecule has 2 aromatic carbocycles. The minimum Gasteiger partial charge on any atom is -0.497 e. The number of ketones is 2. The van der Waals surface area contributed by atoms with Crippen molar-refractivity contribution in [3.05, 3.63) is 65.7 Å². The van der Waals surface area contributed by atoms with Gasteiger partial charge in [0.25, 0.3) is 0 Å². The minimum absolute atomic E-state index is 0.0764. The second-order valence-corrected chi connectivity index (χ2v) is 11.2. The molecule has 2 fully saturated rings. The molecular weight excluding hydrogens is 554 g/mol. The second kappa shape index (κ2) is 15.2. The van der Waals surface area contributed by atoms with Crippen LogP contribution in [0.4, 0.5) is 0 Å². The molecule has 2 aromatic rings. The SMILES string of the molecule is COc1ccc(CC(CC(=O)C(CO)NC(=O)CN2CCOCC2)C(=O)NC(Cc2ccccc2)C(=O)C2(C)CO2)cc1. The highest BCUT2D eigenvalue weighted by atomic mass is 16.6. The van der Waals surface area contributed by atoms with Crippen LogP contribution in [0.1, 0.15) is 24.5 Å². The lowest BCUT2D eigenvalue weighted by molar-refractivity contribution is -0.135. The molecule has 0 bridgehead atoms. The van der Waals surface area contributed by atoms with Gasteiger partial charge in [0, 0.05) is 25.4 Å². The maximum Gasteiger partial charge on any atom is 0.234 e. The molecule has 4 unspecified atom stereocenters. The molecule has 2 saturated heterocycles. The van der Waals surface area contributed by atoms with Crippen molar-refractivity contribution in [2.24, 2.45) is 5.92 Å². The van der Waals surface area contributed by atoms with E-state index in [2.05, 4.69) is 10.6 Å². The molecule has 11 nitrogen and oxygen atoms in total. The van der Waals surface area contributed by atoms with Crippen LogP contribution in [-0.4, -0.2) is 104 Å². The molecule has 4 rings (SSSR count). The quantitative estimate of drug-likeness (QED) is 0.239. The summed E-state index contributed by atoms with van der Waals surface area (Å²) >= 11 is 0. The van der Waals surface area contributed by atoms with E-state index in [1.807, 2.05) is 47.4 Å². The van der Waals surface area contributed by atoms with Gasteiger partial charge in [0.2, 0.25) is 11.8 Å². The van der Waals surface area contributed by atoms with Crippen molar-refractivity contribution >= 4 is 23.4 Å². The Morgan fingerprint density at radius 3 is 2.21 bits per heavy atom. The third-order valence-electron chi connectivity index (χ3n) is 7.85. The monoisotopic (exact) mass is 595 g/mol. The standard InChI is InChI=1S/C32H41N3O8/c1-32(21-43-32)30(39)26(17-22-6-4-3-5-7-22)34-31(40)24(16-23-8-10-25(41-2)11-9-23)18-28(37)27(20-36)33-29(38)19-35-12-14-42-15-13-35/h3-11,24,26-27,36H,12-21H2,1-2H3,(H,33,38)(H,34,40). The number of morpholine rings is 1. The number of epoxide rings is 1. The number of Topliss-reactive ketones (excluding diaryl/α,β-unsaturated/α-hetero) is 2. The number of rotatable bonds is 16. The second-order valence-electron chi connectivity index (χ2n) is 11.2. The number of hydrogen-bond acceptors (Lipinski definition) is 9. The van der Waals surface area contributed by atoms with Crippen molar-refractivity contribution in [1.82, 2.24) is 15.5 Å². The average molecular weight is 596 g/mol. The summed E-state index contributed by atoms with van der Waals surface area (Å²) in [5, 5.41) is 15.5. The predicted octanol–water partition coefficient (Wildman–Crippen LogP) is 0.708. The first-order chi connectivity index (χ1) is 20.7. The van der Waals surface area contributed by atoms with Crippen molar-refractivity contribution in [1.29, 1.82) is 0 Å². The zero-order chi connectivity index (χ0) is 30.8. The molecule has 3 N–H and O–H groups in total. The Hall–Kier alpha value is -3.64. The van der Waals surface area contributed by atoms with Crippen LogP contribution in [0.15, 0.2) is 54.6 Å². The van der Waals surface area contributed by atoms with Gasteiger partial charge < -0.3 is 30.0 Å². The Kier molecular flexibility index (Phi) is 11.4. The predicted molar refractivity (Wildman–Crippen MR) is 158 cm³/mol. The number of aliphatic hydroxyl groups is 1. The van der Waals surface area contributed by atoms with Gasteiger partial charge in [-0.3, -0.25) is 24.1 Å². The summed E-state index contributed by atoms with van der Waals surface area (Å²) in [6.45, 7) is 3.70. The third-order valence-corrected chi connectivity index (χ3v) is 7.85. The van der Waals surface area contributed by atoms with E-state index in [1.165, 1.54) is 0 Å². The molecule has 0 radical (unpaired) electrons. The van der Waals surface area contributed by atoms with Gasteiger partial charge in [-0.2, -0.15) is 0 Å². The number of nitrogens with zero attached hydrogens (tertiary/aromatic N) is 1. The Morgan fingerprint density at radius 1 is 0.953 bits per heavy atom. The average Bonchev–Trinajstić information content (AvgIpc) is 3.78. The zero-order valence-electron chi connectivity index (χ0n) is 24.8. The lowest BCUT2D eigenvalue weighted by Gasteiger charge is -2.27. The number of hydrogen-bond donors (Lipinski definition) is 3. The topological polar surface area (TPSA) is 147 Å². The number of carbonyl (C=O) groups is 4. The van der Waals surface area contributed by atoms with Crippen LogP contribution < -0.4 is 15.4 Å². The normalized spacial score (nSPS) is 20.3. The number of nitrogens with one attached hydrogen (secondary N) is 2. The fourth-order valence-electron chi connectivity index (χ4n) is 5.09. The molecule has 2 heterocycles. The number of amides is 2. The Balaban J connectivity index is 1.49. The maximum atomic E-state index is 13.8. The first kappa shape index (κ1) is 32.3. The molecule has 43 heavy (non-hydrogen) atoms. The van der Waals surface area contributed by atoms with Crippen LogP contribution in [0.2, 0.25) is 0 Å². The molecule has 0 spiro atoms. The summed E-state index contributed by atoms with van der Waals surface area (Å²) < 4.78 is 15.9. The van der Waals surface area contributed by atoms with Crippen molar-refractivity contribution in [3.63, 3.8) is 0 Å². The molecule has 2 amide bonds. The minimum atomic E-state index is -1.17. The van der Waals surface area contributed by atoms with E-state index in [4.69, 9.17) is 14.2 Å². The van der Waals surface area contributed by atoms with Gasteiger partial charge in [-0.25, -0.2) is 0 Å². The molecule has 11 heteroatoms. The van der Waals surface area contributed by atoms with E-state index in [0.29, 0.717) is 32.1 Å². The van der Waals surface area contributed by atoms with Gasteiger partial charge in [0.15, 0.2) is 11.6 Å². The zero-order valence-corrected chi connectivity index (χ0v) is 24.8. The van der Waals surface area contributed by atoms with E-state index >= 15 is 0 Å². The van der Waals surface area contributed by atoms with Crippen LogP contribution in [0.5, 0.6) is 5.75 Å². The number of methoxy groups -OCH3 is 1. The van der Waals surface area contributed by atoms with Crippen molar-refractivity contribution in [3.8, 4) is 5.75 Å². The molecule has 232 valence electrons. The van der Waals surface area contributed by atoms with E-state index < -0.39 is 47.8 Å². The van der Waals surface area contributed by atoms with Gasteiger partial charge in [0.05, 0.1) is 46.1 Å². The number of carbonyl (C=O) groups excluding carboxylic acids is 4. The van der Waals surface area contributed by atoms with E-state index in [0.717, 1.165) is 11.1 Å². The van der Waals surface area contributed by atoms with E-state index in [-0.39, 0.29) is 38.2 Å². The Bertz CT molecular complexity index is 1240. The van der Waals surface area contributed by atoms with Gasteiger partial charge in [0.1, 0.15) is 17.4 Å². The lowest BCUT2D eigenvalue weighted by Crippen LogP contribution is -2.51. The summed E-state index contributed by atoms with van der Waals surface area (Å²) in [7, 11) is 1.56. The molecule has 0 aromatic heterocycles. The molecule has 2 aliphatic heterocycles. The van der Waals surface area contributed by atoms with Crippen molar-refractivity contribution in [2.45, 2.75) is 43.9 Å². The number of aliphatic hydroxyl groups excluding tert-OH is 1.